The molecule has 0 aromatic rings. The fourth-order valence-corrected chi connectivity index (χ4v) is 2.58. The molecule has 0 aromatic carbocycles. The van der Waals surface area contributed by atoms with Gasteiger partial charge in [-0.1, -0.05) is 6.92 Å². The lowest BCUT2D eigenvalue weighted by Crippen LogP contribution is -2.49. The molecule has 1 rings (SSSR count). The van der Waals surface area contributed by atoms with Crippen LogP contribution in [0.2, 0.25) is 0 Å². The van der Waals surface area contributed by atoms with Crippen LogP contribution < -0.4 is 5.32 Å². The van der Waals surface area contributed by atoms with E-state index in [1.54, 1.807) is 7.11 Å². The maximum atomic E-state index is 9.40. The van der Waals surface area contributed by atoms with Gasteiger partial charge in [-0.15, -0.1) is 0 Å². The van der Waals surface area contributed by atoms with Crippen LogP contribution in [0, 0.1) is 11.3 Å². The van der Waals surface area contributed by atoms with Crippen LogP contribution >= 0.6 is 0 Å². The summed E-state index contributed by atoms with van der Waals surface area (Å²) < 4.78 is 11.3. The zero-order valence-corrected chi connectivity index (χ0v) is 12.8. The van der Waals surface area contributed by atoms with Crippen LogP contribution in [-0.4, -0.2) is 37.5 Å². The van der Waals surface area contributed by atoms with Gasteiger partial charge < -0.3 is 9.47 Å². The zero-order valence-electron chi connectivity index (χ0n) is 12.8. The summed E-state index contributed by atoms with van der Waals surface area (Å²) in [4.78, 5) is 0. The Hall–Kier alpha value is -0.630. The van der Waals surface area contributed by atoms with Crippen LogP contribution in [0.3, 0.4) is 0 Å². The van der Waals surface area contributed by atoms with Gasteiger partial charge in [0.1, 0.15) is 5.54 Å². The van der Waals surface area contributed by atoms with E-state index in [2.05, 4.69) is 25.2 Å². The van der Waals surface area contributed by atoms with Gasteiger partial charge in [-0.25, -0.2) is 0 Å². The van der Waals surface area contributed by atoms with E-state index in [0.717, 1.165) is 38.6 Å². The van der Waals surface area contributed by atoms with Crippen molar-refractivity contribution in [3.05, 3.63) is 0 Å². The lowest BCUT2D eigenvalue weighted by atomic mass is 9.81. The van der Waals surface area contributed by atoms with E-state index in [4.69, 9.17) is 9.47 Å². The van der Waals surface area contributed by atoms with Gasteiger partial charge >= 0.3 is 0 Å². The second-order valence-electron chi connectivity index (χ2n) is 6.03. The van der Waals surface area contributed by atoms with E-state index in [0.29, 0.717) is 6.61 Å². The minimum Gasteiger partial charge on any atom is -0.379 e. The van der Waals surface area contributed by atoms with E-state index in [9.17, 15) is 5.26 Å². The maximum Gasteiger partial charge on any atom is 0.109 e. The molecule has 0 saturated heterocycles. The number of hydrogen-bond donors (Lipinski definition) is 1. The van der Waals surface area contributed by atoms with Crippen molar-refractivity contribution < 1.29 is 9.47 Å². The van der Waals surface area contributed by atoms with Gasteiger partial charge in [-0.3, -0.25) is 5.32 Å². The average Bonchev–Trinajstić information content (AvgIpc) is 2.39. The molecule has 0 bridgehead atoms. The topological polar surface area (TPSA) is 54.3 Å². The molecular formula is C15H28N2O2. The van der Waals surface area contributed by atoms with Crippen LogP contribution in [0.5, 0.6) is 0 Å². The third-order valence-corrected chi connectivity index (χ3v) is 4.05. The van der Waals surface area contributed by atoms with Gasteiger partial charge in [0.25, 0.3) is 0 Å². The first-order valence-corrected chi connectivity index (χ1v) is 7.30. The minimum absolute atomic E-state index is 0.136. The summed E-state index contributed by atoms with van der Waals surface area (Å²) in [7, 11) is 1.73. The molecule has 1 aliphatic rings. The molecule has 0 aliphatic heterocycles. The van der Waals surface area contributed by atoms with Crippen LogP contribution in [0.15, 0.2) is 0 Å². The van der Waals surface area contributed by atoms with Crippen molar-refractivity contribution in [3.8, 4) is 6.07 Å². The van der Waals surface area contributed by atoms with Gasteiger partial charge in [0, 0.05) is 20.1 Å². The van der Waals surface area contributed by atoms with Gasteiger partial charge in [0.2, 0.25) is 0 Å². The summed E-state index contributed by atoms with van der Waals surface area (Å²) in [6.45, 7) is 7.70. The third-order valence-electron chi connectivity index (χ3n) is 4.05. The highest BCUT2D eigenvalue weighted by Gasteiger charge is 2.36. The Morgan fingerprint density at radius 3 is 2.79 bits per heavy atom. The number of methoxy groups -OCH3 is 1. The number of rotatable bonds is 7. The Morgan fingerprint density at radius 2 is 2.21 bits per heavy atom. The Balaban J connectivity index is 2.41. The maximum absolute atomic E-state index is 9.40. The fourth-order valence-electron chi connectivity index (χ4n) is 2.58. The highest BCUT2D eigenvalue weighted by Crippen LogP contribution is 2.30. The molecule has 1 N–H and O–H groups in total. The monoisotopic (exact) mass is 268 g/mol. The normalized spacial score (nSPS) is 28.1. The highest BCUT2D eigenvalue weighted by atomic mass is 16.5. The van der Waals surface area contributed by atoms with Crippen molar-refractivity contribution >= 4 is 0 Å². The molecule has 0 amide bonds. The average molecular weight is 268 g/mol. The summed E-state index contributed by atoms with van der Waals surface area (Å²) in [5.41, 5.74) is -0.517. The van der Waals surface area contributed by atoms with Gasteiger partial charge in [-0.05, 0) is 46.1 Å². The fraction of sp³-hybridized carbons (Fsp3) is 0.933. The van der Waals surface area contributed by atoms with Crippen molar-refractivity contribution in [3.63, 3.8) is 0 Å². The van der Waals surface area contributed by atoms with E-state index in [-0.39, 0.29) is 17.2 Å². The Labute approximate surface area is 117 Å². The summed E-state index contributed by atoms with van der Waals surface area (Å²) in [6.07, 6.45) is 4.91. The molecule has 1 saturated carbocycles. The van der Waals surface area contributed by atoms with Crippen LogP contribution in [0.4, 0.5) is 0 Å². The standard InChI is InChI=1S/C15H28N2O2/c1-5-17-15(12-16)8-6-7-13(11-15)19-10-9-14(2,3)18-4/h13,17H,5-11H2,1-4H3. The predicted molar refractivity (Wildman–Crippen MR) is 75.9 cm³/mol. The zero-order chi connectivity index (χ0) is 14.4. The van der Waals surface area contributed by atoms with Gasteiger partial charge in [-0.2, -0.15) is 5.26 Å². The van der Waals surface area contributed by atoms with E-state index in [1.165, 1.54) is 0 Å². The summed E-state index contributed by atoms with van der Waals surface area (Å²) in [6, 6.07) is 2.45. The first-order chi connectivity index (χ1) is 8.97. The number of hydrogen-bond acceptors (Lipinski definition) is 4. The minimum atomic E-state index is -0.381. The number of nitriles is 1. The molecule has 110 valence electrons. The lowest BCUT2D eigenvalue weighted by Gasteiger charge is -2.36. The molecule has 1 aliphatic carbocycles. The highest BCUT2D eigenvalue weighted by molar-refractivity contribution is 5.10. The SMILES string of the molecule is CCNC1(C#N)CCCC(OCCC(C)(C)OC)C1. The van der Waals surface area contributed by atoms with E-state index >= 15 is 0 Å². The Kier molecular flexibility index (Phi) is 6.25. The summed E-state index contributed by atoms with van der Waals surface area (Å²) >= 11 is 0. The second kappa shape index (κ2) is 7.23. The van der Waals surface area contributed by atoms with Crippen molar-refractivity contribution in [2.45, 2.75) is 70.1 Å². The molecule has 4 nitrogen and oxygen atoms in total. The Bertz CT molecular complexity index is 308. The second-order valence-corrected chi connectivity index (χ2v) is 6.03. The largest absolute Gasteiger partial charge is 0.379 e. The first-order valence-electron chi connectivity index (χ1n) is 7.30. The molecule has 0 heterocycles. The molecule has 2 unspecified atom stereocenters. The molecule has 0 aromatic heterocycles. The van der Waals surface area contributed by atoms with Crippen molar-refractivity contribution in [2.24, 2.45) is 0 Å². The molecule has 4 heteroatoms. The predicted octanol–water partition coefficient (Wildman–Crippen LogP) is 2.63. The first kappa shape index (κ1) is 16.4. The molecule has 19 heavy (non-hydrogen) atoms. The van der Waals surface area contributed by atoms with Crippen LogP contribution in [0.25, 0.3) is 0 Å². The number of nitrogens with one attached hydrogen (secondary N) is 1. The summed E-state index contributed by atoms with van der Waals surface area (Å²) in [5, 5.41) is 12.7. The van der Waals surface area contributed by atoms with Crippen LogP contribution in [0.1, 0.15) is 52.9 Å². The number of nitrogens with zero attached hydrogens (tertiary/aromatic N) is 1. The van der Waals surface area contributed by atoms with E-state index in [1.807, 2.05) is 6.92 Å². The van der Waals surface area contributed by atoms with Gasteiger partial charge in [0.15, 0.2) is 0 Å². The van der Waals surface area contributed by atoms with Crippen LogP contribution in [-0.2, 0) is 9.47 Å². The Morgan fingerprint density at radius 1 is 1.47 bits per heavy atom. The lowest BCUT2D eigenvalue weighted by molar-refractivity contribution is -0.0404. The molecule has 0 spiro atoms. The van der Waals surface area contributed by atoms with E-state index < -0.39 is 0 Å². The van der Waals surface area contributed by atoms with Crippen molar-refractivity contribution in [1.82, 2.24) is 5.32 Å². The summed E-state index contributed by atoms with van der Waals surface area (Å²) in [5.74, 6) is 0. The molecule has 1 fully saturated rings. The van der Waals surface area contributed by atoms with Gasteiger partial charge in [0.05, 0.1) is 17.8 Å². The van der Waals surface area contributed by atoms with Crippen molar-refractivity contribution in [2.75, 3.05) is 20.3 Å². The molecule has 2 atom stereocenters. The smallest absolute Gasteiger partial charge is 0.109 e. The molecular weight excluding hydrogens is 240 g/mol. The van der Waals surface area contributed by atoms with Crippen molar-refractivity contribution in [1.29, 1.82) is 5.26 Å². The number of ether oxygens (including phenoxy) is 2. The quantitative estimate of drug-likeness (QED) is 0.771. The molecule has 0 radical (unpaired) electrons. The third kappa shape index (κ3) is 5.10.